The first kappa shape index (κ1) is 18.8. The lowest BCUT2D eigenvalue weighted by atomic mass is 10.2. The minimum absolute atomic E-state index is 0.0313. The van der Waals surface area contributed by atoms with Gasteiger partial charge in [-0.15, -0.1) is 11.3 Å². The van der Waals surface area contributed by atoms with Crippen molar-refractivity contribution in [1.82, 2.24) is 0 Å². The molecule has 132 valence electrons. The first-order valence-electron chi connectivity index (χ1n) is 7.66. The van der Waals surface area contributed by atoms with Gasteiger partial charge in [0, 0.05) is 17.0 Å². The number of rotatable bonds is 7. The number of carbonyl (C=O) groups excluding carboxylic acids is 3. The minimum atomic E-state index is -0.633. The zero-order chi connectivity index (χ0) is 18.4. The summed E-state index contributed by atoms with van der Waals surface area (Å²) in [6, 6.07) is 7.85. The van der Waals surface area contributed by atoms with Crippen LogP contribution in [0.15, 0.2) is 30.3 Å². The lowest BCUT2D eigenvalue weighted by molar-refractivity contribution is -0.147. The van der Waals surface area contributed by atoms with Crippen molar-refractivity contribution in [1.29, 1.82) is 0 Å². The topological polar surface area (TPSA) is 72.5 Å². The third kappa shape index (κ3) is 5.79. The predicted octanol–water partition coefficient (Wildman–Crippen LogP) is 3.65. The second-order valence-corrected chi connectivity index (χ2v) is 6.79. The Morgan fingerprint density at radius 3 is 2.52 bits per heavy atom. The molecule has 0 spiro atoms. The highest BCUT2D eigenvalue weighted by Crippen LogP contribution is 2.17. The summed E-state index contributed by atoms with van der Waals surface area (Å²) in [5.41, 5.74) is 0.752. The Morgan fingerprint density at radius 1 is 1.12 bits per heavy atom. The zero-order valence-corrected chi connectivity index (χ0v) is 14.7. The molecule has 0 fully saturated rings. The van der Waals surface area contributed by atoms with Crippen LogP contribution in [0.5, 0.6) is 0 Å². The molecule has 2 rings (SSSR count). The summed E-state index contributed by atoms with van der Waals surface area (Å²) in [5.74, 6) is -1.77. The lowest BCUT2D eigenvalue weighted by Crippen LogP contribution is -2.21. The second kappa shape index (κ2) is 8.53. The number of hydrogen-bond donors (Lipinski definition) is 1. The van der Waals surface area contributed by atoms with Crippen molar-refractivity contribution in [3.63, 3.8) is 0 Å². The Hall–Kier alpha value is -2.54. The number of carbonyl (C=O) groups is 3. The Kier molecular flexibility index (Phi) is 6.41. The van der Waals surface area contributed by atoms with Gasteiger partial charge >= 0.3 is 5.97 Å². The maximum Gasteiger partial charge on any atom is 0.306 e. The highest BCUT2D eigenvalue weighted by atomic mass is 32.1. The third-order valence-electron chi connectivity index (χ3n) is 3.39. The van der Waals surface area contributed by atoms with Crippen molar-refractivity contribution in [2.75, 3.05) is 11.9 Å². The fourth-order valence-electron chi connectivity index (χ4n) is 2.01. The summed E-state index contributed by atoms with van der Waals surface area (Å²) >= 11 is 1.37. The number of thiophene rings is 1. The molecular formula is C18H18FNO4S. The lowest BCUT2D eigenvalue weighted by Gasteiger charge is -2.07. The number of amides is 1. The first-order valence-corrected chi connectivity index (χ1v) is 8.48. The average molecular weight is 363 g/mol. The molecule has 1 amide bonds. The van der Waals surface area contributed by atoms with Gasteiger partial charge in [0.25, 0.3) is 5.91 Å². The van der Waals surface area contributed by atoms with E-state index in [9.17, 15) is 18.8 Å². The summed E-state index contributed by atoms with van der Waals surface area (Å²) in [4.78, 5) is 36.8. The summed E-state index contributed by atoms with van der Waals surface area (Å²) < 4.78 is 18.2. The molecule has 7 heteroatoms. The maximum atomic E-state index is 13.4. The summed E-state index contributed by atoms with van der Waals surface area (Å²) in [6.45, 7) is 3.02. The van der Waals surface area contributed by atoms with Crippen molar-refractivity contribution in [2.45, 2.75) is 26.7 Å². The van der Waals surface area contributed by atoms with Crippen molar-refractivity contribution < 1.29 is 23.5 Å². The SMILES string of the molecule is Cc1ccc(C(=O)CCC(=O)OCC(=O)Nc2ccc(C)c(F)c2)s1. The van der Waals surface area contributed by atoms with E-state index in [1.807, 2.05) is 13.0 Å². The highest BCUT2D eigenvalue weighted by Gasteiger charge is 2.13. The molecule has 0 unspecified atom stereocenters. The molecule has 2 aromatic rings. The van der Waals surface area contributed by atoms with Gasteiger partial charge in [-0.3, -0.25) is 14.4 Å². The first-order chi connectivity index (χ1) is 11.8. The number of nitrogens with one attached hydrogen (secondary N) is 1. The van der Waals surface area contributed by atoms with E-state index in [0.717, 1.165) is 4.88 Å². The van der Waals surface area contributed by atoms with Crippen LogP contribution in [0, 0.1) is 19.7 Å². The normalized spacial score (nSPS) is 10.4. The largest absolute Gasteiger partial charge is 0.456 e. The van der Waals surface area contributed by atoms with Gasteiger partial charge in [0.15, 0.2) is 12.4 Å². The van der Waals surface area contributed by atoms with Gasteiger partial charge in [0.1, 0.15) is 5.82 Å². The van der Waals surface area contributed by atoms with Gasteiger partial charge in [0.05, 0.1) is 11.3 Å². The number of ketones is 1. The quantitative estimate of drug-likeness (QED) is 0.602. The Morgan fingerprint density at radius 2 is 1.88 bits per heavy atom. The fourth-order valence-corrected chi connectivity index (χ4v) is 2.84. The number of anilines is 1. The van der Waals surface area contributed by atoms with E-state index in [-0.39, 0.29) is 24.3 Å². The van der Waals surface area contributed by atoms with Crippen molar-refractivity contribution >= 4 is 34.7 Å². The molecular weight excluding hydrogens is 345 g/mol. The summed E-state index contributed by atoms with van der Waals surface area (Å²) in [7, 11) is 0. The van der Waals surface area contributed by atoms with Crippen LogP contribution in [-0.4, -0.2) is 24.3 Å². The molecule has 0 aliphatic rings. The number of esters is 1. The van der Waals surface area contributed by atoms with Crippen LogP contribution in [0.4, 0.5) is 10.1 Å². The molecule has 1 N–H and O–H groups in total. The van der Waals surface area contributed by atoms with Crippen LogP contribution in [0.25, 0.3) is 0 Å². The van der Waals surface area contributed by atoms with E-state index in [4.69, 9.17) is 4.74 Å². The number of Topliss-reactive ketones (excluding diaryl/α,β-unsaturated/α-hetero) is 1. The van der Waals surface area contributed by atoms with Gasteiger partial charge < -0.3 is 10.1 Å². The van der Waals surface area contributed by atoms with E-state index in [1.165, 1.54) is 23.5 Å². The Balaban J connectivity index is 1.72. The van der Waals surface area contributed by atoms with Crippen molar-refractivity contribution in [2.24, 2.45) is 0 Å². The summed E-state index contributed by atoms with van der Waals surface area (Å²) in [5, 5.41) is 2.44. The van der Waals surface area contributed by atoms with Crippen LogP contribution in [-0.2, 0) is 14.3 Å². The number of ether oxygens (including phenoxy) is 1. The highest BCUT2D eigenvalue weighted by molar-refractivity contribution is 7.14. The molecule has 1 aromatic heterocycles. The van der Waals surface area contributed by atoms with E-state index in [2.05, 4.69) is 5.32 Å². The second-order valence-electron chi connectivity index (χ2n) is 5.51. The van der Waals surface area contributed by atoms with Gasteiger partial charge in [-0.1, -0.05) is 6.07 Å². The maximum absolute atomic E-state index is 13.4. The zero-order valence-electron chi connectivity index (χ0n) is 13.9. The smallest absolute Gasteiger partial charge is 0.306 e. The van der Waals surface area contributed by atoms with Crippen molar-refractivity contribution in [3.8, 4) is 0 Å². The van der Waals surface area contributed by atoms with Gasteiger partial charge in [0.2, 0.25) is 0 Å². The minimum Gasteiger partial charge on any atom is -0.456 e. The molecule has 5 nitrogen and oxygen atoms in total. The molecule has 0 radical (unpaired) electrons. The molecule has 0 aliphatic carbocycles. The van der Waals surface area contributed by atoms with Crippen molar-refractivity contribution in [3.05, 3.63) is 51.5 Å². The van der Waals surface area contributed by atoms with E-state index >= 15 is 0 Å². The van der Waals surface area contributed by atoms with E-state index in [1.54, 1.807) is 19.1 Å². The Labute approximate surface area is 148 Å². The fraction of sp³-hybridized carbons (Fsp3) is 0.278. The van der Waals surface area contributed by atoms with Gasteiger partial charge in [-0.2, -0.15) is 0 Å². The molecule has 1 heterocycles. The molecule has 0 bridgehead atoms. The third-order valence-corrected chi connectivity index (χ3v) is 4.43. The van der Waals surface area contributed by atoms with Gasteiger partial charge in [-0.25, -0.2) is 4.39 Å². The van der Waals surface area contributed by atoms with E-state index < -0.39 is 24.3 Å². The van der Waals surface area contributed by atoms with E-state index in [0.29, 0.717) is 10.4 Å². The number of aryl methyl sites for hydroxylation is 2. The molecule has 0 aliphatic heterocycles. The monoisotopic (exact) mass is 363 g/mol. The average Bonchev–Trinajstić information content (AvgIpc) is 3.00. The van der Waals surface area contributed by atoms with Crippen LogP contribution in [0.3, 0.4) is 0 Å². The Bertz CT molecular complexity index is 800. The molecule has 1 aromatic carbocycles. The van der Waals surface area contributed by atoms with Gasteiger partial charge in [-0.05, 0) is 43.7 Å². The molecule has 25 heavy (non-hydrogen) atoms. The van der Waals surface area contributed by atoms with Crippen LogP contribution in [0.1, 0.15) is 33.0 Å². The molecule has 0 atom stereocenters. The van der Waals surface area contributed by atoms with Crippen LogP contribution < -0.4 is 5.32 Å². The molecule has 0 saturated heterocycles. The van der Waals surface area contributed by atoms with Crippen LogP contribution >= 0.6 is 11.3 Å². The van der Waals surface area contributed by atoms with Crippen LogP contribution in [0.2, 0.25) is 0 Å². The molecule has 0 saturated carbocycles. The predicted molar refractivity (Wildman–Crippen MR) is 93.3 cm³/mol. The summed E-state index contributed by atoms with van der Waals surface area (Å²) in [6.07, 6.45) is -0.0637. The number of hydrogen-bond acceptors (Lipinski definition) is 5. The number of halogens is 1. The number of benzene rings is 1. The standard InChI is InChI=1S/C18H18FNO4S/c1-11-3-5-13(9-14(11)19)20-17(22)10-24-18(23)8-6-15(21)16-7-4-12(2)25-16/h3-5,7,9H,6,8,10H2,1-2H3,(H,20,22).